The Morgan fingerprint density at radius 3 is 2.58 bits per heavy atom. The van der Waals surface area contributed by atoms with Gasteiger partial charge in [-0.2, -0.15) is 0 Å². The molecule has 0 amide bonds. The summed E-state index contributed by atoms with van der Waals surface area (Å²) in [5, 5.41) is 5.18. The molecule has 4 aromatic rings. The van der Waals surface area contributed by atoms with Crippen LogP contribution in [0.4, 0.5) is 0 Å². The first-order chi connectivity index (χ1) is 12.6. The van der Waals surface area contributed by atoms with Crippen LogP contribution in [0, 0.1) is 13.8 Å². The summed E-state index contributed by atoms with van der Waals surface area (Å²) < 4.78 is 6.58. The molecule has 0 N–H and O–H groups in total. The van der Waals surface area contributed by atoms with Gasteiger partial charge >= 0.3 is 0 Å². The fourth-order valence-corrected chi connectivity index (χ4v) is 3.87. The summed E-state index contributed by atoms with van der Waals surface area (Å²) >= 11 is 1.47. The van der Waals surface area contributed by atoms with Crippen LogP contribution in [0.1, 0.15) is 16.8 Å². The lowest BCUT2D eigenvalue weighted by Gasteiger charge is -2.14. The third kappa shape index (κ3) is 3.15. The van der Waals surface area contributed by atoms with Crippen molar-refractivity contribution in [2.45, 2.75) is 24.8 Å². The molecule has 0 radical (unpaired) electrons. The van der Waals surface area contributed by atoms with E-state index in [0.29, 0.717) is 21.8 Å². The van der Waals surface area contributed by atoms with E-state index >= 15 is 0 Å². The van der Waals surface area contributed by atoms with E-state index in [0.717, 1.165) is 22.5 Å². The quantitative estimate of drug-likeness (QED) is 0.400. The first-order valence-corrected chi connectivity index (χ1v) is 9.23. The summed E-state index contributed by atoms with van der Waals surface area (Å²) in [6.07, 6.45) is 1.54. The first-order valence-electron chi connectivity index (χ1n) is 8.24. The predicted octanol–water partition coefficient (Wildman–Crippen LogP) is 4.28. The zero-order chi connectivity index (χ0) is 18.1. The minimum atomic E-state index is -0.0664. The smallest absolute Gasteiger partial charge is 0.266 e. The molecule has 4 rings (SSSR count). The summed E-state index contributed by atoms with van der Waals surface area (Å²) in [6.45, 7) is 4.05. The molecular formula is C20H17N3O2S. The first kappa shape index (κ1) is 16.6. The Labute approximate surface area is 154 Å². The van der Waals surface area contributed by atoms with Crippen molar-refractivity contribution >= 4 is 22.7 Å². The molecule has 130 valence electrons. The van der Waals surface area contributed by atoms with Crippen molar-refractivity contribution in [2.24, 2.45) is 0 Å². The monoisotopic (exact) mass is 363 g/mol. The largest absolute Gasteiger partial charge is 0.364 e. The van der Waals surface area contributed by atoms with Crippen molar-refractivity contribution in [3.8, 4) is 5.69 Å². The summed E-state index contributed by atoms with van der Waals surface area (Å²) in [5.74, 6) is 0.575. The highest BCUT2D eigenvalue weighted by atomic mass is 32.2. The maximum atomic E-state index is 13.2. The van der Waals surface area contributed by atoms with Gasteiger partial charge in [0, 0.05) is 11.8 Å². The zero-order valence-electron chi connectivity index (χ0n) is 14.5. The standard InChI is InChI=1S/C20H17N3O2S/c1-13-9-14(2)11-16(10-13)23-19(24)17-5-3-4-6-18(17)21-20(23)26-12-15-7-8-25-22-15/h3-11H,12H2,1-2H3. The summed E-state index contributed by atoms with van der Waals surface area (Å²) in [4.78, 5) is 17.9. The molecule has 6 heteroatoms. The Balaban J connectivity index is 1.91. The number of aromatic nitrogens is 3. The molecule has 0 fully saturated rings. The van der Waals surface area contributed by atoms with E-state index in [2.05, 4.69) is 11.2 Å². The second-order valence-electron chi connectivity index (χ2n) is 6.18. The Kier molecular flexibility index (Phi) is 4.34. The Hall–Kier alpha value is -2.86. The van der Waals surface area contributed by atoms with Gasteiger partial charge in [-0.05, 0) is 49.2 Å². The Bertz CT molecular complexity index is 1110. The van der Waals surface area contributed by atoms with Crippen LogP contribution in [0.25, 0.3) is 16.6 Å². The van der Waals surface area contributed by atoms with E-state index < -0.39 is 0 Å². The molecule has 2 aromatic heterocycles. The fourth-order valence-electron chi connectivity index (χ4n) is 2.97. The van der Waals surface area contributed by atoms with Crippen LogP contribution in [0.5, 0.6) is 0 Å². The summed E-state index contributed by atoms with van der Waals surface area (Å²) in [6, 6.07) is 15.3. The van der Waals surface area contributed by atoms with Gasteiger partial charge in [0.2, 0.25) is 0 Å². The number of benzene rings is 2. The molecule has 0 aliphatic heterocycles. The highest BCUT2D eigenvalue weighted by molar-refractivity contribution is 7.98. The Morgan fingerprint density at radius 1 is 1.08 bits per heavy atom. The van der Waals surface area contributed by atoms with Gasteiger partial charge in [0.1, 0.15) is 6.26 Å². The second-order valence-corrected chi connectivity index (χ2v) is 7.12. The maximum absolute atomic E-state index is 13.2. The minimum absolute atomic E-state index is 0.0664. The number of hydrogen-bond acceptors (Lipinski definition) is 5. The predicted molar refractivity (Wildman–Crippen MR) is 103 cm³/mol. The third-order valence-corrected chi connectivity index (χ3v) is 5.02. The number of hydrogen-bond donors (Lipinski definition) is 0. The highest BCUT2D eigenvalue weighted by Gasteiger charge is 2.14. The van der Waals surface area contributed by atoms with E-state index in [1.807, 2.05) is 56.3 Å². The van der Waals surface area contributed by atoms with Crippen LogP contribution in [0.15, 0.2) is 69.3 Å². The zero-order valence-corrected chi connectivity index (χ0v) is 15.3. The lowest BCUT2D eigenvalue weighted by Crippen LogP contribution is -2.22. The third-order valence-electron chi connectivity index (χ3n) is 4.05. The fraction of sp³-hybridized carbons (Fsp3) is 0.150. The number of fused-ring (bicyclic) bond motifs is 1. The molecule has 2 aromatic carbocycles. The van der Waals surface area contributed by atoms with Gasteiger partial charge in [0.25, 0.3) is 5.56 Å². The average molecular weight is 363 g/mol. The van der Waals surface area contributed by atoms with Gasteiger partial charge in [-0.25, -0.2) is 4.98 Å². The van der Waals surface area contributed by atoms with Crippen LogP contribution in [-0.2, 0) is 5.75 Å². The summed E-state index contributed by atoms with van der Waals surface area (Å²) in [5.41, 5.74) is 4.47. The Morgan fingerprint density at radius 2 is 1.85 bits per heavy atom. The maximum Gasteiger partial charge on any atom is 0.266 e. The van der Waals surface area contributed by atoms with Crippen LogP contribution < -0.4 is 5.56 Å². The minimum Gasteiger partial charge on any atom is -0.364 e. The van der Waals surface area contributed by atoms with Gasteiger partial charge in [-0.15, -0.1) is 0 Å². The van der Waals surface area contributed by atoms with Gasteiger partial charge in [0.15, 0.2) is 5.16 Å². The number of thioether (sulfide) groups is 1. The van der Waals surface area contributed by atoms with Crippen molar-refractivity contribution < 1.29 is 4.52 Å². The SMILES string of the molecule is Cc1cc(C)cc(-n2c(SCc3ccon3)nc3ccccc3c2=O)c1. The van der Waals surface area contributed by atoms with Gasteiger partial charge in [-0.1, -0.05) is 35.1 Å². The molecular weight excluding hydrogens is 346 g/mol. The molecule has 0 saturated heterocycles. The lowest BCUT2D eigenvalue weighted by atomic mass is 10.1. The molecule has 0 saturated carbocycles. The molecule has 0 aliphatic rings. The molecule has 26 heavy (non-hydrogen) atoms. The van der Waals surface area contributed by atoms with Crippen molar-refractivity contribution in [1.82, 2.24) is 14.7 Å². The van der Waals surface area contributed by atoms with Crippen LogP contribution >= 0.6 is 11.8 Å². The van der Waals surface area contributed by atoms with Crippen molar-refractivity contribution in [2.75, 3.05) is 0 Å². The number of para-hydroxylation sites is 1. The number of aryl methyl sites for hydroxylation is 2. The van der Waals surface area contributed by atoms with E-state index in [4.69, 9.17) is 9.51 Å². The van der Waals surface area contributed by atoms with Crippen molar-refractivity contribution in [3.63, 3.8) is 0 Å². The summed E-state index contributed by atoms with van der Waals surface area (Å²) in [7, 11) is 0. The topological polar surface area (TPSA) is 60.9 Å². The van der Waals surface area contributed by atoms with Crippen LogP contribution in [0.2, 0.25) is 0 Å². The molecule has 0 spiro atoms. The van der Waals surface area contributed by atoms with Crippen molar-refractivity contribution in [3.05, 3.63) is 82.0 Å². The molecule has 2 heterocycles. The van der Waals surface area contributed by atoms with Crippen LogP contribution in [0.3, 0.4) is 0 Å². The molecule has 0 aliphatic carbocycles. The van der Waals surface area contributed by atoms with Crippen molar-refractivity contribution in [1.29, 1.82) is 0 Å². The van der Waals surface area contributed by atoms with E-state index in [-0.39, 0.29) is 5.56 Å². The van der Waals surface area contributed by atoms with Gasteiger partial charge in [-0.3, -0.25) is 9.36 Å². The van der Waals surface area contributed by atoms with E-state index in [1.54, 1.807) is 10.8 Å². The number of rotatable bonds is 4. The second kappa shape index (κ2) is 6.80. The van der Waals surface area contributed by atoms with Gasteiger partial charge in [0.05, 0.1) is 22.3 Å². The van der Waals surface area contributed by atoms with Gasteiger partial charge < -0.3 is 4.52 Å². The lowest BCUT2D eigenvalue weighted by molar-refractivity contribution is 0.414. The molecule has 0 unspecified atom stereocenters. The number of nitrogens with zero attached hydrogens (tertiary/aromatic N) is 3. The molecule has 5 nitrogen and oxygen atoms in total. The highest BCUT2D eigenvalue weighted by Crippen LogP contribution is 2.25. The normalized spacial score (nSPS) is 11.2. The average Bonchev–Trinajstić information content (AvgIpc) is 3.13. The molecule has 0 atom stereocenters. The van der Waals surface area contributed by atoms with Crippen LogP contribution in [-0.4, -0.2) is 14.7 Å². The molecule has 0 bridgehead atoms. The van der Waals surface area contributed by atoms with E-state index in [1.165, 1.54) is 11.8 Å². The van der Waals surface area contributed by atoms with E-state index in [9.17, 15) is 4.79 Å².